The number of aliphatic imine (C=N–C) groups is 1. The molecule has 0 bridgehead atoms. The number of rotatable bonds is 7. The second-order valence-electron chi connectivity index (χ2n) is 6.89. The largest absolute Gasteiger partial charge is 0.320 e. The molecule has 2 rings (SSSR count). The van der Waals surface area contributed by atoms with E-state index in [1.807, 2.05) is 6.04 Å². The summed E-state index contributed by atoms with van der Waals surface area (Å²) in [7, 11) is 0. The number of hydrogen-bond donors (Lipinski definition) is 2. The van der Waals surface area contributed by atoms with Gasteiger partial charge in [-0.3, -0.25) is 9.59 Å². The first-order valence-corrected chi connectivity index (χ1v) is 9.38. The zero-order valence-electron chi connectivity index (χ0n) is 17.3. The summed E-state index contributed by atoms with van der Waals surface area (Å²) >= 11 is 0. The lowest BCUT2D eigenvalue weighted by Gasteiger charge is -2.20. The molecule has 1 aromatic heterocycles. The van der Waals surface area contributed by atoms with Crippen molar-refractivity contribution >= 4 is 23.8 Å². The van der Waals surface area contributed by atoms with Gasteiger partial charge in [0.05, 0.1) is 11.9 Å². The summed E-state index contributed by atoms with van der Waals surface area (Å²) in [5.41, 5.74) is -0.803. The van der Waals surface area contributed by atoms with Crippen LogP contribution in [0.5, 0.6) is 0 Å². The maximum atomic E-state index is 15.0. The Kier molecular flexibility index (Phi) is 7.75. The van der Waals surface area contributed by atoms with Gasteiger partial charge in [0, 0.05) is 34.9 Å². The standard InChI is InChI=1S/C23H22F2N4O2/c1-5-26-14-19(16(4)23(24,25)18-9-7-6-8-10-18)28-22(31)17-11-12-27-20(13-17)29-21(30)15(2)3/h1,6-15H,2-4H3,(H,28,31)(H,27,29,30)/b19-16-,26-14?. The molecule has 2 N–H and O–H groups in total. The number of anilines is 1. The van der Waals surface area contributed by atoms with Crippen molar-refractivity contribution in [2.24, 2.45) is 10.9 Å². The first kappa shape index (κ1) is 23.4. The molecule has 2 aromatic rings. The molecule has 0 aliphatic rings. The highest BCUT2D eigenvalue weighted by Gasteiger charge is 2.36. The van der Waals surface area contributed by atoms with E-state index in [0.717, 1.165) is 6.21 Å². The summed E-state index contributed by atoms with van der Waals surface area (Å²) in [6.07, 6.45) is 7.43. The van der Waals surface area contributed by atoms with Gasteiger partial charge in [-0.2, -0.15) is 8.78 Å². The molecule has 6 nitrogen and oxygen atoms in total. The number of nitrogens with one attached hydrogen (secondary N) is 2. The third-order valence-electron chi connectivity index (χ3n) is 4.33. The van der Waals surface area contributed by atoms with E-state index in [1.54, 1.807) is 19.9 Å². The minimum Gasteiger partial charge on any atom is -0.320 e. The molecule has 2 amide bonds. The van der Waals surface area contributed by atoms with Gasteiger partial charge in [-0.25, -0.2) is 9.98 Å². The zero-order chi connectivity index (χ0) is 23.0. The number of alkyl halides is 2. The fraction of sp³-hybridized carbons (Fsp3) is 0.217. The highest BCUT2D eigenvalue weighted by Crippen LogP contribution is 2.36. The quantitative estimate of drug-likeness (QED) is 0.518. The second-order valence-corrected chi connectivity index (χ2v) is 6.89. The molecule has 160 valence electrons. The molecule has 0 atom stereocenters. The number of nitrogens with zero attached hydrogens (tertiary/aromatic N) is 2. The van der Waals surface area contributed by atoms with Crippen LogP contribution in [0.2, 0.25) is 0 Å². The van der Waals surface area contributed by atoms with Gasteiger partial charge in [0.15, 0.2) is 0 Å². The van der Waals surface area contributed by atoms with Crippen molar-refractivity contribution in [1.82, 2.24) is 10.3 Å². The van der Waals surface area contributed by atoms with Crippen molar-refractivity contribution in [3.8, 4) is 12.5 Å². The average Bonchev–Trinajstić information content (AvgIpc) is 2.76. The molecule has 0 fully saturated rings. The molecule has 8 heteroatoms. The Balaban J connectivity index is 2.36. The summed E-state index contributed by atoms with van der Waals surface area (Å²) in [5, 5.41) is 5.00. The number of terminal acetylenes is 1. The Morgan fingerprint density at radius 1 is 1.23 bits per heavy atom. The van der Waals surface area contributed by atoms with E-state index in [2.05, 4.69) is 20.6 Å². The highest BCUT2D eigenvalue weighted by atomic mass is 19.3. The highest BCUT2D eigenvalue weighted by molar-refractivity contribution is 6.00. The number of hydrogen-bond acceptors (Lipinski definition) is 4. The van der Waals surface area contributed by atoms with Gasteiger partial charge in [-0.05, 0) is 19.1 Å². The molecule has 31 heavy (non-hydrogen) atoms. The number of aromatic nitrogens is 1. The Morgan fingerprint density at radius 2 is 1.90 bits per heavy atom. The number of carbonyl (C=O) groups excluding carboxylic acids is 2. The fourth-order valence-electron chi connectivity index (χ4n) is 2.46. The maximum Gasteiger partial charge on any atom is 0.296 e. The van der Waals surface area contributed by atoms with E-state index in [0.29, 0.717) is 0 Å². The van der Waals surface area contributed by atoms with Gasteiger partial charge in [-0.15, -0.1) is 0 Å². The fourth-order valence-corrected chi connectivity index (χ4v) is 2.46. The smallest absolute Gasteiger partial charge is 0.296 e. The van der Waals surface area contributed by atoms with Gasteiger partial charge in [-0.1, -0.05) is 50.6 Å². The van der Waals surface area contributed by atoms with E-state index in [-0.39, 0.29) is 34.5 Å². The van der Waals surface area contributed by atoms with Gasteiger partial charge in [0.1, 0.15) is 5.82 Å². The zero-order valence-corrected chi connectivity index (χ0v) is 17.3. The van der Waals surface area contributed by atoms with Crippen molar-refractivity contribution in [3.63, 3.8) is 0 Å². The first-order chi connectivity index (χ1) is 14.7. The van der Waals surface area contributed by atoms with Crippen LogP contribution in [0.15, 0.2) is 64.9 Å². The summed E-state index contributed by atoms with van der Waals surface area (Å²) in [6, 6.07) is 11.9. The Labute approximate surface area is 179 Å². The lowest BCUT2D eigenvalue weighted by molar-refractivity contribution is -0.118. The van der Waals surface area contributed by atoms with E-state index in [1.165, 1.54) is 49.5 Å². The van der Waals surface area contributed by atoms with Crippen LogP contribution in [0.3, 0.4) is 0 Å². The number of carbonyl (C=O) groups is 2. The number of amides is 2. The number of allylic oxidation sites excluding steroid dienone is 2. The number of pyridine rings is 1. The van der Waals surface area contributed by atoms with Crippen molar-refractivity contribution in [2.75, 3.05) is 5.32 Å². The van der Waals surface area contributed by atoms with E-state index in [9.17, 15) is 18.4 Å². The van der Waals surface area contributed by atoms with Crippen LogP contribution in [0.25, 0.3) is 0 Å². The molecule has 0 aliphatic heterocycles. The molecule has 0 aliphatic carbocycles. The molecule has 0 radical (unpaired) electrons. The molecule has 1 aromatic carbocycles. The second kappa shape index (κ2) is 10.3. The van der Waals surface area contributed by atoms with Crippen LogP contribution in [0, 0.1) is 18.4 Å². The normalized spacial score (nSPS) is 12.3. The third kappa shape index (κ3) is 6.06. The first-order valence-electron chi connectivity index (χ1n) is 9.38. The lowest BCUT2D eigenvalue weighted by Crippen LogP contribution is -2.29. The molecule has 0 saturated heterocycles. The van der Waals surface area contributed by atoms with Crippen LogP contribution in [0.1, 0.15) is 36.7 Å². The van der Waals surface area contributed by atoms with Crippen LogP contribution in [0.4, 0.5) is 14.6 Å². The SMILES string of the molecule is C#CN=C/C(NC(=O)c1ccnc(NC(=O)C(C)C)c1)=C(\C)C(F)(F)c1ccccc1. The monoisotopic (exact) mass is 424 g/mol. The minimum absolute atomic E-state index is 0.108. The Hall–Kier alpha value is -3.86. The van der Waals surface area contributed by atoms with Crippen molar-refractivity contribution < 1.29 is 18.4 Å². The molecular weight excluding hydrogens is 402 g/mol. The van der Waals surface area contributed by atoms with Gasteiger partial charge in [0.2, 0.25) is 5.91 Å². The van der Waals surface area contributed by atoms with Crippen molar-refractivity contribution in [3.05, 3.63) is 71.1 Å². The van der Waals surface area contributed by atoms with Gasteiger partial charge in [0.25, 0.3) is 11.8 Å². The molecule has 0 unspecified atom stereocenters. The van der Waals surface area contributed by atoms with Crippen molar-refractivity contribution in [1.29, 1.82) is 0 Å². The summed E-state index contributed by atoms with van der Waals surface area (Å²) in [6.45, 7) is 4.61. The summed E-state index contributed by atoms with van der Waals surface area (Å²) < 4.78 is 30.0. The third-order valence-corrected chi connectivity index (χ3v) is 4.33. The summed E-state index contributed by atoms with van der Waals surface area (Å²) in [4.78, 5) is 32.1. The molecule has 1 heterocycles. The Bertz CT molecular complexity index is 1050. The molecular formula is C23H22F2N4O2. The Morgan fingerprint density at radius 3 is 2.52 bits per heavy atom. The van der Waals surface area contributed by atoms with Crippen LogP contribution in [-0.4, -0.2) is 23.0 Å². The van der Waals surface area contributed by atoms with Crippen LogP contribution in [-0.2, 0) is 10.7 Å². The van der Waals surface area contributed by atoms with Crippen LogP contribution < -0.4 is 10.6 Å². The average molecular weight is 424 g/mol. The lowest BCUT2D eigenvalue weighted by atomic mass is 10.00. The maximum absolute atomic E-state index is 15.0. The summed E-state index contributed by atoms with van der Waals surface area (Å²) in [5.74, 6) is -4.45. The number of halogens is 2. The van der Waals surface area contributed by atoms with Gasteiger partial charge < -0.3 is 10.6 Å². The van der Waals surface area contributed by atoms with Crippen LogP contribution >= 0.6 is 0 Å². The van der Waals surface area contributed by atoms with Crippen molar-refractivity contribution in [2.45, 2.75) is 26.7 Å². The number of benzene rings is 1. The van der Waals surface area contributed by atoms with E-state index < -0.39 is 17.4 Å². The van der Waals surface area contributed by atoms with E-state index in [4.69, 9.17) is 6.42 Å². The van der Waals surface area contributed by atoms with E-state index >= 15 is 0 Å². The van der Waals surface area contributed by atoms with Gasteiger partial charge >= 0.3 is 0 Å². The minimum atomic E-state index is -3.38. The molecule has 0 saturated carbocycles. The predicted molar refractivity (Wildman–Crippen MR) is 116 cm³/mol. The topological polar surface area (TPSA) is 83.4 Å². The molecule has 0 spiro atoms. The predicted octanol–water partition coefficient (Wildman–Crippen LogP) is 4.13.